The van der Waals surface area contributed by atoms with E-state index in [2.05, 4.69) is 20.7 Å². The Balaban J connectivity index is 1.21. The number of fused-ring (bicyclic) bond motifs is 1. The number of nitrogens with one attached hydrogen (secondary N) is 1. The van der Waals surface area contributed by atoms with Gasteiger partial charge in [-0.1, -0.05) is 48.5 Å². The van der Waals surface area contributed by atoms with Gasteiger partial charge in [0.1, 0.15) is 0 Å². The molecule has 3 aromatic rings. The largest absolute Gasteiger partial charge is 0.353 e. The first-order chi connectivity index (χ1) is 15.6. The standard InChI is InChI=1S/C24H26N6O2/c1-29-21-10-6-5-9-19(21)20(15-22(29)31)24(32)25-17-11-13-18(14-12-17)30-27-23(26-28-30)16-7-3-2-4-8-16/h2-10,17-18,20H,11-15H2,1H3,(H,25,32). The number of rotatable bonds is 4. The minimum atomic E-state index is -0.432. The third kappa shape index (κ3) is 3.88. The third-order valence-electron chi connectivity index (χ3n) is 6.57. The van der Waals surface area contributed by atoms with Crippen molar-refractivity contribution in [3.63, 3.8) is 0 Å². The summed E-state index contributed by atoms with van der Waals surface area (Å²) in [6, 6.07) is 17.8. The van der Waals surface area contributed by atoms with Crippen molar-refractivity contribution in [3.8, 4) is 11.4 Å². The molecule has 32 heavy (non-hydrogen) atoms. The Morgan fingerprint density at radius 2 is 1.72 bits per heavy atom. The quantitative estimate of drug-likeness (QED) is 0.687. The Morgan fingerprint density at radius 1 is 1.00 bits per heavy atom. The smallest absolute Gasteiger partial charge is 0.228 e. The van der Waals surface area contributed by atoms with Gasteiger partial charge in [-0.3, -0.25) is 9.59 Å². The van der Waals surface area contributed by atoms with E-state index in [-0.39, 0.29) is 30.3 Å². The summed E-state index contributed by atoms with van der Waals surface area (Å²) in [5.74, 6) is 0.108. The molecule has 8 heteroatoms. The Morgan fingerprint density at radius 3 is 2.50 bits per heavy atom. The maximum Gasteiger partial charge on any atom is 0.228 e. The lowest BCUT2D eigenvalue weighted by Crippen LogP contribution is -2.44. The van der Waals surface area contributed by atoms with Crippen LogP contribution in [0.3, 0.4) is 0 Å². The zero-order chi connectivity index (χ0) is 22.1. The van der Waals surface area contributed by atoms with Crippen molar-refractivity contribution in [2.45, 2.75) is 50.1 Å². The maximum absolute atomic E-state index is 13.1. The lowest BCUT2D eigenvalue weighted by molar-refractivity contribution is -0.127. The topological polar surface area (TPSA) is 93.0 Å². The molecule has 1 atom stereocenters. The molecule has 1 aliphatic carbocycles. The van der Waals surface area contributed by atoms with Crippen LogP contribution in [0.4, 0.5) is 5.69 Å². The predicted molar refractivity (Wildman–Crippen MR) is 120 cm³/mol. The van der Waals surface area contributed by atoms with E-state index >= 15 is 0 Å². The lowest BCUT2D eigenvalue weighted by Gasteiger charge is -2.33. The normalized spacial score (nSPS) is 23.0. The van der Waals surface area contributed by atoms with Crippen LogP contribution in [-0.4, -0.2) is 45.1 Å². The van der Waals surface area contributed by atoms with Gasteiger partial charge < -0.3 is 10.2 Å². The lowest BCUT2D eigenvalue weighted by atomic mass is 9.87. The predicted octanol–water partition coefficient (Wildman–Crippen LogP) is 3.09. The summed E-state index contributed by atoms with van der Waals surface area (Å²) in [6.07, 6.45) is 3.65. The second-order valence-corrected chi connectivity index (χ2v) is 8.58. The SMILES string of the molecule is CN1C(=O)CC(C(=O)NC2CCC(n3nnc(-c4ccccc4)n3)CC2)c2ccccc21. The molecule has 2 aromatic carbocycles. The summed E-state index contributed by atoms with van der Waals surface area (Å²) in [6.45, 7) is 0. The summed E-state index contributed by atoms with van der Waals surface area (Å²) >= 11 is 0. The van der Waals surface area contributed by atoms with Crippen LogP contribution in [0, 0.1) is 0 Å². The van der Waals surface area contributed by atoms with Gasteiger partial charge in [-0.15, -0.1) is 10.2 Å². The maximum atomic E-state index is 13.1. The highest BCUT2D eigenvalue weighted by molar-refractivity contribution is 6.02. The molecule has 8 nitrogen and oxygen atoms in total. The number of hydrogen-bond donors (Lipinski definition) is 1. The minimum Gasteiger partial charge on any atom is -0.353 e. The molecule has 0 radical (unpaired) electrons. The molecule has 1 fully saturated rings. The molecule has 1 saturated carbocycles. The number of benzene rings is 2. The minimum absolute atomic E-state index is 0.0287. The number of carbonyl (C=O) groups is 2. The summed E-state index contributed by atoms with van der Waals surface area (Å²) in [4.78, 5) is 28.8. The second-order valence-electron chi connectivity index (χ2n) is 8.58. The van der Waals surface area contributed by atoms with Crippen molar-refractivity contribution in [3.05, 3.63) is 60.2 Å². The number of para-hydroxylation sites is 1. The number of anilines is 1. The molecule has 1 unspecified atom stereocenters. The van der Waals surface area contributed by atoms with Crippen molar-refractivity contribution < 1.29 is 9.59 Å². The fourth-order valence-corrected chi connectivity index (χ4v) is 4.71. The first-order valence-electron chi connectivity index (χ1n) is 11.1. The van der Waals surface area contributed by atoms with E-state index < -0.39 is 5.92 Å². The zero-order valence-corrected chi connectivity index (χ0v) is 18.0. The first-order valence-corrected chi connectivity index (χ1v) is 11.1. The molecular weight excluding hydrogens is 404 g/mol. The van der Waals surface area contributed by atoms with Crippen LogP contribution < -0.4 is 10.2 Å². The Kier molecular flexibility index (Phi) is 5.43. The first kappa shape index (κ1) is 20.4. The van der Waals surface area contributed by atoms with Crippen LogP contribution in [0.15, 0.2) is 54.6 Å². The number of hydrogen-bond acceptors (Lipinski definition) is 5. The van der Waals surface area contributed by atoms with Gasteiger partial charge in [0.25, 0.3) is 0 Å². The number of nitrogens with zero attached hydrogens (tertiary/aromatic N) is 5. The van der Waals surface area contributed by atoms with Crippen molar-refractivity contribution in [2.75, 3.05) is 11.9 Å². The number of tetrazole rings is 1. The molecule has 1 aromatic heterocycles. The van der Waals surface area contributed by atoms with E-state index in [1.165, 1.54) is 0 Å². The summed E-state index contributed by atoms with van der Waals surface area (Å²) < 4.78 is 0. The van der Waals surface area contributed by atoms with Gasteiger partial charge in [0.2, 0.25) is 17.6 Å². The van der Waals surface area contributed by atoms with Gasteiger partial charge in [0.05, 0.1) is 12.0 Å². The highest BCUT2D eigenvalue weighted by Crippen LogP contribution is 2.36. The average molecular weight is 431 g/mol. The number of amides is 2. The highest BCUT2D eigenvalue weighted by atomic mass is 16.2. The van der Waals surface area contributed by atoms with Crippen LogP contribution in [0.2, 0.25) is 0 Å². The fourth-order valence-electron chi connectivity index (χ4n) is 4.71. The van der Waals surface area contributed by atoms with Crippen LogP contribution in [0.25, 0.3) is 11.4 Å². The van der Waals surface area contributed by atoms with Gasteiger partial charge in [-0.2, -0.15) is 4.80 Å². The average Bonchev–Trinajstić information content (AvgIpc) is 3.33. The molecule has 1 aliphatic heterocycles. The van der Waals surface area contributed by atoms with Gasteiger partial charge in [0, 0.05) is 30.8 Å². The van der Waals surface area contributed by atoms with E-state index in [1.54, 1.807) is 16.7 Å². The van der Waals surface area contributed by atoms with Crippen molar-refractivity contribution >= 4 is 17.5 Å². The van der Waals surface area contributed by atoms with Gasteiger partial charge in [-0.25, -0.2) is 0 Å². The summed E-state index contributed by atoms with van der Waals surface area (Å²) in [7, 11) is 1.76. The van der Waals surface area contributed by atoms with Crippen molar-refractivity contribution in [1.82, 2.24) is 25.5 Å². The monoisotopic (exact) mass is 430 g/mol. The van der Waals surface area contributed by atoms with Crippen LogP contribution >= 0.6 is 0 Å². The van der Waals surface area contributed by atoms with Gasteiger partial charge >= 0.3 is 0 Å². The Hall–Kier alpha value is -3.55. The molecule has 0 spiro atoms. The van der Waals surface area contributed by atoms with Crippen molar-refractivity contribution in [2.24, 2.45) is 0 Å². The molecule has 1 N–H and O–H groups in total. The second kappa shape index (κ2) is 8.53. The Bertz CT molecular complexity index is 1120. The van der Waals surface area contributed by atoms with E-state index in [1.807, 2.05) is 54.6 Å². The van der Waals surface area contributed by atoms with Gasteiger partial charge in [0.15, 0.2) is 0 Å². The molecule has 0 saturated heterocycles. The van der Waals surface area contributed by atoms with Crippen LogP contribution in [0.1, 0.15) is 49.6 Å². The Labute approximate surface area is 186 Å². The highest BCUT2D eigenvalue weighted by Gasteiger charge is 2.35. The van der Waals surface area contributed by atoms with E-state index in [4.69, 9.17) is 0 Å². The zero-order valence-electron chi connectivity index (χ0n) is 18.0. The fraction of sp³-hybridized carbons (Fsp3) is 0.375. The summed E-state index contributed by atoms with van der Waals surface area (Å²) in [5, 5.41) is 16.2. The molecule has 2 amide bonds. The number of carbonyl (C=O) groups excluding carboxylic acids is 2. The molecular formula is C24H26N6O2. The van der Waals surface area contributed by atoms with Gasteiger partial charge in [-0.05, 0) is 42.5 Å². The molecule has 2 heterocycles. The summed E-state index contributed by atoms with van der Waals surface area (Å²) in [5.41, 5.74) is 2.69. The molecule has 5 rings (SSSR count). The van der Waals surface area contributed by atoms with Crippen LogP contribution in [0.5, 0.6) is 0 Å². The third-order valence-corrected chi connectivity index (χ3v) is 6.57. The van der Waals surface area contributed by atoms with E-state index in [9.17, 15) is 9.59 Å². The number of aromatic nitrogens is 4. The molecule has 2 aliphatic rings. The van der Waals surface area contributed by atoms with E-state index in [0.29, 0.717) is 5.82 Å². The van der Waals surface area contributed by atoms with Crippen LogP contribution in [-0.2, 0) is 9.59 Å². The van der Waals surface area contributed by atoms with Crippen molar-refractivity contribution in [1.29, 1.82) is 0 Å². The van der Waals surface area contributed by atoms with E-state index in [0.717, 1.165) is 42.5 Å². The molecule has 164 valence electrons. The molecule has 0 bridgehead atoms.